The highest BCUT2D eigenvalue weighted by atomic mass is 16.6. The molecule has 0 unspecified atom stereocenters. The van der Waals surface area contributed by atoms with Gasteiger partial charge in [-0.2, -0.15) is 0 Å². The molecule has 0 saturated carbocycles. The van der Waals surface area contributed by atoms with E-state index in [2.05, 4.69) is 24.0 Å². The molecule has 0 fully saturated rings. The lowest BCUT2D eigenvalue weighted by atomic mass is 10.1. The van der Waals surface area contributed by atoms with E-state index in [1.807, 2.05) is 37.3 Å². The second-order valence-corrected chi connectivity index (χ2v) is 5.97. The molecule has 134 valence electrons. The third-order valence-electron chi connectivity index (χ3n) is 3.78. The summed E-state index contributed by atoms with van der Waals surface area (Å²) in [5.74, 6) is 1.19. The Morgan fingerprint density at radius 3 is 2.62 bits per heavy atom. The number of aliphatic imine (C=N–C) groups is 1. The Hall–Kier alpha value is -3.08. The summed E-state index contributed by atoms with van der Waals surface area (Å²) < 4.78 is 16.6. The average molecular weight is 351 g/mol. The first-order valence-electron chi connectivity index (χ1n) is 8.49. The maximum Gasteiger partial charge on any atom is 0.363 e. The summed E-state index contributed by atoms with van der Waals surface area (Å²) in [6, 6.07) is 13.7. The second kappa shape index (κ2) is 7.87. The summed E-state index contributed by atoms with van der Waals surface area (Å²) >= 11 is 0. The maximum atomic E-state index is 11.7. The standard InChI is InChI=1S/C21H21NO4/c1-4-24-20-12-16(11-18-21(23)26-15(3)22-18)8-9-19(20)25-13-17-7-5-6-14(2)10-17/h5-12H,4,13H2,1-3H3/b18-11-. The van der Waals surface area contributed by atoms with Crippen molar-refractivity contribution in [2.45, 2.75) is 27.4 Å². The fraction of sp³-hybridized carbons (Fsp3) is 0.238. The number of hydrogen-bond donors (Lipinski definition) is 0. The summed E-state index contributed by atoms with van der Waals surface area (Å²) in [6.07, 6.45) is 1.67. The van der Waals surface area contributed by atoms with Crippen molar-refractivity contribution in [1.29, 1.82) is 0 Å². The van der Waals surface area contributed by atoms with Crippen LogP contribution < -0.4 is 9.47 Å². The van der Waals surface area contributed by atoms with Crippen molar-refractivity contribution < 1.29 is 19.0 Å². The minimum atomic E-state index is -0.444. The van der Waals surface area contributed by atoms with Gasteiger partial charge >= 0.3 is 5.97 Å². The Kier molecular flexibility index (Phi) is 5.37. The fourth-order valence-corrected chi connectivity index (χ4v) is 2.64. The number of esters is 1. The number of hydrogen-bond acceptors (Lipinski definition) is 5. The van der Waals surface area contributed by atoms with Crippen LogP contribution in [-0.2, 0) is 16.1 Å². The smallest absolute Gasteiger partial charge is 0.363 e. The molecule has 0 radical (unpaired) electrons. The zero-order chi connectivity index (χ0) is 18.5. The van der Waals surface area contributed by atoms with Gasteiger partial charge in [0.25, 0.3) is 0 Å². The normalized spacial score (nSPS) is 15.0. The largest absolute Gasteiger partial charge is 0.490 e. The van der Waals surface area contributed by atoms with Gasteiger partial charge in [-0.25, -0.2) is 9.79 Å². The van der Waals surface area contributed by atoms with E-state index in [9.17, 15) is 4.79 Å². The van der Waals surface area contributed by atoms with Crippen molar-refractivity contribution in [3.8, 4) is 11.5 Å². The van der Waals surface area contributed by atoms with Crippen LogP contribution in [0.25, 0.3) is 6.08 Å². The molecule has 2 aromatic rings. The highest BCUT2D eigenvalue weighted by Crippen LogP contribution is 2.30. The minimum Gasteiger partial charge on any atom is -0.490 e. The van der Waals surface area contributed by atoms with E-state index >= 15 is 0 Å². The lowest BCUT2D eigenvalue weighted by Crippen LogP contribution is -2.01. The van der Waals surface area contributed by atoms with Crippen molar-refractivity contribution in [1.82, 2.24) is 0 Å². The molecule has 5 heteroatoms. The zero-order valence-corrected chi connectivity index (χ0v) is 15.1. The first-order valence-corrected chi connectivity index (χ1v) is 8.49. The van der Waals surface area contributed by atoms with Gasteiger partial charge in [-0.3, -0.25) is 0 Å². The molecule has 0 aromatic heterocycles. The van der Waals surface area contributed by atoms with E-state index < -0.39 is 5.97 Å². The third kappa shape index (κ3) is 4.30. The van der Waals surface area contributed by atoms with Crippen LogP contribution in [0.15, 0.2) is 53.2 Å². The molecule has 0 N–H and O–H groups in total. The molecule has 0 amide bonds. The number of aryl methyl sites for hydroxylation is 1. The summed E-state index contributed by atoms with van der Waals surface area (Å²) in [5, 5.41) is 0. The monoisotopic (exact) mass is 351 g/mol. The number of benzene rings is 2. The third-order valence-corrected chi connectivity index (χ3v) is 3.78. The van der Waals surface area contributed by atoms with Crippen molar-refractivity contribution in [3.63, 3.8) is 0 Å². The molecule has 5 nitrogen and oxygen atoms in total. The maximum absolute atomic E-state index is 11.7. The molecule has 1 aliphatic rings. The van der Waals surface area contributed by atoms with Crippen molar-refractivity contribution >= 4 is 17.9 Å². The van der Waals surface area contributed by atoms with Gasteiger partial charge in [0.1, 0.15) is 6.61 Å². The predicted octanol–water partition coefficient (Wildman–Crippen LogP) is 4.29. The van der Waals surface area contributed by atoms with Gasteiger partial charge in [-0.15, -0.1) is 0 Å². The van der Waals surface area contributed by atoms with Crippen LogP contribution in [0.1, 0.15) is 30.5 Å². The SMILES string of the molecule is CCOc1cc(/C=C2\N=C(C)OC2=O)ccc1OCc1cccc(C)c1. The molecule has 3 rings (SSSR count). The van der Waals surface area contributed by atoms with E-state index in [1.165, 1.54) is 5.56 Å². The van der Waals surface area contributed by atoms with Crippen molar-refractivity contribution in [2.24, 2.45) is 4.99 Å². The number of ether oxygens (including phenoxy) is 3. The Balaban J connectivity index is 1.80. The summed E-state index contributed by atoms with van der Waals surface area (Å²) in [4.78, 5) is 15.8. The molecular formula is C21H21NO4. The highest BCUT2D eigenvalue weighted by molar-refractivity contribution is 6.06. The fourth-order valence-electron chi connectivity index (χ4n) is 2.64. The first-order chi connectivity index (χ1) is 12.5. The second-order valence-electron chi connectivity index (χ2n) is 5.97. The lowest BCUT2D eigenvalue weighted by Gasteiger charge is -2.13. The van der Waals surface area contributed by atoms with Crippen molar-refractivity contribution in [3.05, 3.63) is 64.9 Å². The Morgan fingerprint density at radius 1 is 1.08 bits per heavy atom. The molecule has 0 aliphatic carbocycles. The summed E-state index contributed by atoms with van der Waals surface area (Å²) in [7, 11) is 0. The van der Waals surface area contributed by atoms with Gasteiger partial charge < -0.3 is 14.2 Å². The first kappa shape index (κ1) is 17.7. The molecular weight excluding hydrogens is 330 g/mol. The number of cyclic esters (lactones) is 1. The van der Waals surface area contributed by atoms with Crippen LogP contribution in [0.3, 0.4) is 0 Å². The van der Waals surface area contributed by atoms with Crippen LogP contribution in [0, 0.1) is 6.92 Å². The summed E-state index contributed by atoms with van der Waals surface area (Å²) in [6.45, 7) is 6.58. The average Bonchev–Trinajstić information content (AvgIpc) is 2.92. The minimum absolute atomic E-state index is 0.276. The number of nitrogens with zero attached hydrogens (tertiary/aromatic N) is 1. The van der Waals surface area contributed by atoms with Gasteiger partial charge in [0.2, 0.25) is 0 Å². The van der Waals surface area contributed by atoms with Gasteiger partial charge in [0.05, 0.1) is 6.61 Å². The van der Waals surface area contributed by atoms with Gasteiger partial charge in [0, 0.05) is 6.92 Å². The zero-order valence-electron chi connectivity index (χ0n) is 15.1. The quantitative estimate of drug-likeness (QED) is 0.575. The van der Waals surface area contributed by atoms with Crippen LogP contribution in [0.2, 0.25) is 0 Å². The van der Waals surface area contributed by atoms with E-state index in [0.29, 0.717) is 30.6 Å². The van der Waals surface area contributed by atoms with Gasteiger partial charge in [-0.1, -0.05) is 35.9 Å². The van der Waals surface area contributed by atoms with E-state index in [4.69, 9.17) is 14.2 Å². The molecule has 0 atom stereocenters. The van der Waals surface area contributed by atoms with E-state index in [0.717, 1.165) is 11.1 Å². The van der Waals surface area contributed by atoms with Gasteiger partial charge in [0.15, 0.2) is 23.1 Å². The van der Waals surface area contributed by atoms with Gasteiger partial charge in [-0.05, 0) is 43.2 Å². The molecule has 0 spiro atoms. The van der Waals surface area contributed by atoms with Crippen molar-refractivity contribution in [2.75, 3.05) is 6.61 Å². The van der Waals surface area contributed by atoms with Crippen LogP contribution in [-0.4, -0.2) is 18.5 Å². The molecule has 2 aromatic carbocycles. The Bertz CT molecular complexity index is 883. The predicted molar refractivity (Wildman–Crippen MR) is 100 cm³/mol. The number of carbonyl (C=O) groups excluding carboxylic acids is 1. The highest BCUT2D eigenvalue weighted by Gasteiger charge is 2.19. The molecule has 26 heavy (non-hydrogen) atoms. The lowest BCUT2D eigenvalue weighted by molar-refractivity contribution is -0.130. The van der Waals surface area contributed by atoms with Crippen LogP contribution in [0.5, 0.6) is 11.5 Å². The molecule has 0 bridgehead atoms. The summed E-state index contributed by atoms with van der Waals surface area (Å²) in [5.41, 5.74) is 3.36. The topological polar surface area (TPSA) is 57.1 Å². The molecule has 1 aliphatic heterocycles. The van der Waals surface area contributed by atoms with E-state index in [-0.39, 0.29) is 5.70 Å². The van der Waals surface area contributed by atoms with Crippen LogP contribution >= 0.6 is 0 Å². The molecule has 1 heterocycles. The van der Waals surface area contributed by atoms with Crippen LogP contribution in [0.4, 0.5) is 0 Å². The Labute approximate surface area is 152 Å². The number of rotatable bonds is 6. The Morgan fingerprint density at radius 2 is 1.92 bits per heavy atom. The number of carbonyl (C=O) groups is 1. The molecule has 0 saturated heterocycles. The van der Waals surface area contributed by atoms with E-state index in [1.54, 1.807) is 13.0 Å².